The summed E-state index contributed by atoms with van der Waals surface area (Å²) in [6, 6.07) is 0. The molecule has 0 aliphatic heterocycles. The predicted molar refractivity (Wildman–Crippen MR) is 179 cm³/mol. The number of ketones is 1. The summed E-state index contributed by atoms with van der Waals surface area (Å²) in [5, 5.41) is 35.0. The first-order chi connectivity index (χ1) is 21.5. The number of fused-ring (bicyclic) bond motifs is 1. The zero-order chi connectivity index (χ0) is 34.7. The Balaban J connectivity index is 1.94. The lowest BCUT2D eigenvalue weighted by Crippen LogP contribution is -2.65. The van der Waals surface area contributed by atoms with Gasteiger partial charge in [-0.3, -0.25) is 9.59 Å². The van der Waals surface area contributed by atoms with E-state index in [2.05, 4.69) is 6.92 Å². The Morgan fingerprint density at radius 3 is 2.09 bits per heavy atom. The maximum absolute atomic E-state index is 14.9. The number of unbranched alkanes of at least 4 members (excludes halogenated alkanes) is 8. The van der Waals surface area contributed by atoms with Crippen molar-refractivity contribution in [2.24, 2.45) is 22.7 Å². The van der Waals surface area contributed by atoms with Gasteiger partial charge in [0.2, 0.25) is 0 Å². The number of aliphatic hydroxyl groups is 3. The third-order valence-corrected chi connectivity index (χ3v) is 11.7. The summed E-state index contributed by atoms with van der Waals surface area (Å²) in [6.07, 6.45) is 10.9. The van der Waals surface area contributed by atoms with Crippen molar-refractivity contribution in [2.75, 3.05) is 6.61 Å². The molecule has 0 radical (unpaired) electrons. The molecule has 3 rings (SSSR count). The van der Waals surface area contributed by atoms with Crippen LogP contribution < -0.4 is 0 Å². The Labute approximate surface area is 276 Å². The summed E-state index contributed by atoms with van der Waals surface area (Å²) in [6.45, 7) is 15.9. The molecule has 2 unspecified atom stereocenters. The van der Waals surface area contributed by atoms with E-state index in [4.69, 9.17) is 9.47 Å². The molecule has 0 saturated heterocycles. The fraction of sp³-hybridized carbons (Fsp3) is 0.763. The van der Waals surface area contributed by atoms with Crippen molar-refractivity contribution >= 4 is 17.7 Å². The second kappa shape index (κ2) is 14.9. The van der Waals surface area contributed by atoms with Crippen LogP contribution in [-0.2, 0) is 23.9 Å². The van der Waals surface area contributed by atoms with Crippen molar-refractivity contribution in [3.63, 3.8) is 0 Å². The molecule has 2 bridgehead atoms. The molecule has 3 N–H and O–H groups in total. The van der Waals surface area contributed by atoms with Crippen LogP contribution in [0.1, 0.15) is 133 Å². The Morgan fingerprint density at radius 1 is 0.978 bits per heavy atom. The van der Waals surface area contributed by atoms with Crippen molar-refractivity contribution in [2.45, 2.75) is 156 Å². The molecule has 8 heteroatoms. The molecule has 3 aliphatic carbocycles. The van der Waals surface area contributed by atoms with E-state index in [-0.39, 0.29) is 30.2 Å². The number of hydrogen-bond acceptors (Lipinski definition) is 8. The number of aliphatic hydroxyl groups excluding tert-OH is 2. The number of esters is 2. The molecule has 1 fully saturated rings. The first-order valence-corrected chi connectivity index (χ1v) is 17.5. The fourth-order valence-electron chi connectivity index (χ4n) is 8.10. The fourth-order valence-corrected chi connectivity index (χ4v) is 8.10. The topological polar surface area (TPSA) is 130 Å². The molecule has 46 heavy (non-hydrogen) atoms. The number of Topliss-reactive ketones (excluding diaryl/α,β-unsaturated/α-hetero) is 1. The highest BCUT2D eigenvalue weighted by Gasteiger charge is 2.74. The van der Waals surface area contributed by atoms with Crippen LogP contribution in [0.15, 0.2) is 34.4 Å². The zero-order valence-corrected chi connectivity index (χ0v) is 29.8. The van der Waals surface area contributed by atoms with Crippen LogP contribution in [0, 0.1) is 22.7 Å². The second-order valence-electron chi connectivity index (χ2n) is 15.2. The number of carbonyl (C=O) groups excluding carboxylic acids is 3. The molecule has 0 aromatic heterocycles. The Morgan fingerprint density at radius 2 is 1.54 bits per heavy atom. The normalized spacial score (nSPS) is 33.3. The first kappa shape index (κ1) is 38.2. The highest BCUT2D eigenvalue weighted by molar-refractivity contribution is 5.96. The van der Waals surface area contributed by atoms with Crippen molar-refractivity contribution in [3.05, 3.63) is 34.4 Å². The third-order valence-electron chi connectivity index (χ3n) is 11.7. The summed E-state index contributed by atoms with van der Waals surface area (Å²) in [5.41, 5.74) is -4.46. The summed E-state index contributed by atoms with van der Waals surface area (Å²) in [7, 11) is 0. The van der Waals surface area contributed by atoms with Crippen LogP contribution >= 0.6 is 0 Å². The van der Waals surface area contributed by atoms with Gasteiger partial charge in [0.15, 0.2) is 17.5 Å². The standard InChI is InChI=1S/C38H60O8/c1-10-11-12-13-14-15-16-17-18-19-30(40)46-36(9)22-26(5)37-21-25(4)33(45-34(43)27(6)24(2)3)38(37,44)31(41)28(23-39)20-29(32(37)42)35(36,7)8/h20-21,26,29,31,33,39,41,44H,10-19,22-23H2,1-9H3/t26?,29-,31-,33+,36-,37?,38+/m1/s1. The van der Waals surface area contributed by atoms with E-state index in [0.29, 0.717) is 11.1 Å². The molecular formula is C38H60O8. The van der Waals surface area contributed by atoms with Crippen molar-refractivity contribution in [1.82, 2.24) is 0 Å². The monoisotopic (exact) mass is 644 g/mol. The molecule has 1 spiro atoms. The quantitative estimate of drug-likeness (QED) is 0.0825. The molecule has 1 saturated carbocycles. The number of rotatable bonds is 14. The number of carbonyl (C=O) groups is 3. The van der Waals surface area contributed by atoms with Gasteiger partial charge < -0.3 is 24.8 Å². The van der Waals surface area contributed by atoms with Crippen LogP contribution in [0.2, 0.25) is 0 Å². The van der Waals surface area contributed by atoms with Crippen molar-refractivity contribution in [3.8, 4) is 0 Å². The van der Waals surface area contributed by atoms with Crippen LogP contribution in [-0.4, -0.2) is 63.1 Å². The van der Waals surface area contributed by atoms with Crippen LogP contribution in [0.25, 0.3) is 0 Å². The van der Waals surface area contributed by atoms with Gasteiger partial charge in [0.05, 0.1) is 12.0 Å². The Hall–Kier alpha value is -2.29. The minimum absolute atomic E-state index is 0.0661. The van der Waals surface area contributed by atoms with Gasteiger partial charge in [-0.15, -0.1) is 0 Å². The molecule has 0 heterocycles. The molecule has 260 valence electrons. The molecular weight excluding hydrogens is 584 g/mol. The van der Waals surface area contributed by atoms with E-state index in [1.165, 1.54) is 38.5 Å². The number of hydrogen-bond donors (Lipinski definition) is 3. The summed E-state index contributed by atoms with van der Waals surface area (Å²) >= 11 is 0. The second-order valence-corrected chi connectivity index (χ2v) is 15.2. The van der Waals surface area contributed by atoms with E-state index in [1.54, 1.807) is 39.8 Å². The lowest BCUT2D eigenvalue weighted by molar-refractivity contribution is -0.202. The largest absolute Gasteiger partial charge is 0.459 e. The molecule has 0 amide bonds. The minimum Gasteiger partial charge on any atom is -0.459 e. The van der Waals surface area contributed by atoms with Gasteiger partial charge in [-0.25, -0.2) is 4.79 Å². The average Bonchev–Trinajstić information content (AvgIpc) is 3.16. The third kappa shape index (κ3) is 6.68. The number of allylic oxidation sites excluding steroid dienone is 2. The van der Waals surface area contributed by atoms with E-state index in [1.807, 2.05) is 27.7 Å². The lowest BCUT2D eigenvalue weighted by atomic mass is 9.59. The van der Waals surface area contributed by atoms with Crippen molar-refractivity contribution < 1.29 is 39.2 Å². The van der Waals surface area contributed by atoms with Gasteiger partial charge in [-0.1, -0.05) is 96.8 Å². The molecule has 7 atom stereocenters. The molecule has 8 nitrogen and oxygen atoms in total. The lowest BCUT2D eigenvalue weighted by Gasteiger charge is -2.49. The SMILES string of the molecule is CCCCCCCCCCCC(=O)O[C@]1(C)CC(C)C23C=C(C)[C@H](OC(=O)C(C)=C(C)C)[C@@]2(O)[C@H](O)C(CO)=C[C@H](C3=O)C1(C)C. The van der Waals surface area contributed by atoms with E-state index >= 15 is 0 Å². The van der Waals surface area contributed by atoms with Gasteiger partial charge >= 0.3 is 11.9 Å². The van der Waals surface area contributed by atoms with Gasteiger partial charge in [0.25, 0.3) is 0 Å². The van der Waals surface area contributed by atoms with Gasteiger partial charge in [0.1, 0.15) is 11.7 Å². The highest BCUT2D eigenvalue weighted by atomic mass is 16.6. The maximum atomic E-state index is 14.9. The smallest absolute Gasteiger partial charge is 0.334 e. The van der Waals surface area contributed by atoms with Gasteiger partial charge in [-0.2, -0.15) is 0 Å². The summed E-state index contributed by atoms with van der Waals surface area (Å²) in [5.74, 6) is -2.90. The average molecular weight is 645 g/mol. The van der Waals surface area contributed by atoms with Crippen LogP contribution in [0.5, 0.6) is 0 Å². The Kier molecular flexibility index (Phi) is 12.3. The first-order valence-electron chi connectivity index (χ1n) is 17.5. The summed E-state index contributed by atoms with van der Waals surface area (Å²) in [4.78, 5) is 41.4. The van der Waals surface area contributed by atoms with Crippen LogP contribution in [0.4, 0.5) is 0 Å². The highest BCUT2D eigenvalue weighted by Crippen LogP contribution is 2.64. The van der Waals surface area contributed by atoms with E-state index in [0.717, 1.165) is 24.8 Å². The summed E-state index contributed by atoms with van der Waals surface area (Å²) < 4.78 is 12.2. The van der Waals surface area contributed by atoms with E-state index < -0.39 is 58.7 Å². The molecule has 0 aromatic carbocycles. The van der Waals surface area contributed by atoms with Gasteiger partial charge in [-0.05, 0) is 64.5 Å². The number of ether oxygens (including phenoxy) is 2. The van der Waals surface area contributed by atoms with Crippen molar-refractivity contribution in [1.29, 1.82) is 0 Å². The molecule has 3 aliphatic rings. The van der Waals surface area contributed by atoms with E-state index in [9.17, 15) is 29.7 Å². The van der Waals surface area contributed by atoms with Crippen LogP contribution in [0.3, 0.4) is 0 Å². The van der Waals surface area contributed by atoms with Gasteiger partial charge in [0, 0.05) is 23.3 Å². The molecule has 0 aromatic rings. The zero-order valence-electron chi connectivity index (χ0n) is 29.8. The predicted octanol–water partition coefficient (Wildman–Crippen LogP) is 6.70. The maximum Gasteiger partial charge on any atom is 0.334 e. The Bertz CT molecular complexity index is 1240. The minimum atomic E-state index is -2.30.